The molecule has 2 heterocycles. The lowest BCUT2D eigenvalue weighted by molar-refractivity contribution is 0.267. The van der Waals surface area contributed by atoms with Gasteiger partial charge in [-0.05, 0) is 30.7 Å². The Morgan fingerprint density at radius 2 is 2.38 bits per heavy atom. The molecule has 0 amide bonds. The van der Waals surface area contributed by atoms with Crippen LogP contribution in [0.3, 0.4) is 0 Å². The van der Waals surface area contributed by atoms with Gasteiger partial charge in [0.25, 0.3) is 0 Å². The summed E-state index contributed by atoms with van der Waals surface area (Å²) >= 11 is 1.70. The third-order valence-electron chi connectivity index (χ3n) is 3.11. The highest BCUT2D eigenvalue weighted by Crippen LogP contribution is 2.32. The molecule has 16 heavy (non-hydrogen) atoms. The van der Waals surface area contributed by atoms with Gasteiger partial charge in [0.1, 0.15) is 0 Å². The van der Waals surface area contributed by atoms with Crippen LogP contribution in [0.5, 0.6) is 0 Å². The molecule has 1 aliphatic carbocycles. The van der Waals surface area contributed by atoms with Gasteiger partial charge in [-0.1, -0.05) is 0 Å². The van der Waals surface area contributed by atoms with Crippen LogP contribution in [0.4, 0.5) is 0 Å². The van der Waals surface area contributed by atoms with Gasteiger partial charge in [-0.25, -0.2) is 0 Å². The van der Waals surface area contributed by atoms with Gasteiger partial charge >= 0.3 is 0 Å². The number of nitrogens with zero attached hydrogens (tertiary/aromatic N) is 2. The van der Waals surface area contributed by atoms with Crippen molar-refractivity contribution in [2.45, 2.75) is 25.8 Å². The molecule has 4 heteroatoms. The molecule has 3 nitrogen and oxygen atoms in total. The maximum atomic E-state index is 9.03. The Bertz CT molecular complexity index is 487. The van der Waals surface area contributed by atoms with E-state index in [9.17, 15) is 0 Å². The van der Waals surface area contributed by atoms with E-state index in [2.05, 4.69) is 21.9 Å². The first kappa shape index (κ1) is 10.1. The molecular weight excluding hydrogens is 220 g/mol. The Balaban J connectivity index is 2.09. The SMILES string of the molecule is OCCn1nc(-c2ccsc2)c2c1CCC2. The summed E-state index contributed by atoms with van der Waals surface area (Å²) < 4.78 is 1.98. The fourth-order valence-corrected chi connectivity index (χ4v) is 3.06. The zero-order chi connectivity index (χ0) is 11.0. The van der Waals surface area contributed by atoms with Gasteiger partial charge in [0.05, 0.1) is 18.8 Å². The molecule has 0 saturated carbocycles. The van der Waals surface area contributed by atoms with Crippen molar-refractivity contribution >= 4 is 11.3 Å². The molecule has 1 aliphatic rings. The van der Waals surface area contributed by atoms with Gasteiger partial charge < -0.3 is 5.11 Å². The van der Waals surface area contributed by atoms with Crippen molar-refractivity contribution in [1.82, 2.24) is 9.78 Å². The Hall–Kier alpha value is -1.13. The van der Waals surface area contributed by atoms with Crippen LogP contribution in [0.15, 0.2) is 16.8 Å². The fraction of sp³-hybridized carbons (Fsp3) is 0.417. The Kier molecular flexibility index (Phi) is 2.53. The highest BCUT2D eigenvalue weighted by molar-refractivity contribution is 7.08. The minimum absolute atomic E-state index is 0.164. The van der Waals surface area contributed by atoms with Crippen molar-refractivity contribution in [1.29, 1.82) is 0 Å². The second-order valence-corrected chi connectivity index (χ2v) is 4.87. The van der Waals surface area contributed by atoms with Crippen molar-refractivity contribution in [3.05, 3.63) is 28.1 Å². The monoisotopic (exact) mass is 234 g/mol. The summed E-state index contributed by atoms with van der Waals surface area (Å²) in [5, 5.41) is 17.9. The van der Waals surface area contributed by atoms with Gasteiger partial charge in [0, 0.05) is 22.2 Å². The van der Waals surface area contributed by atoms with Crippen LogP contribution in [-0.4, -0.2) is 21.5 Å². The molecule has 0 aliphatic heterocycles. The lowest BCUT2D eigenvalue weighted by Gasteiger charge is -2.01. The number of hydrogen-bond donors (Lipinski definition) is 1. The predicted octanol–water partition coefficient (Wildman–Crippen LogP) is 2.09. The fourth-order valence-electron chi connectivity index (χ4n) is 2.42. The first-order valence-electron chi connectivity index (χ1n) is 5.62. The molecule has 2 aromatic rings. The van der Waals surface area contributed by atoms with Crippen LogP contribution < -0.4 is 0 Å². The first-order chi connectivity index (χ1) is 7.90. The van der Waals surface area contributed by atoms with Crippen LogP contribution in [0.1, 0.15) is 17.7 Å². The average molecular weight is 234 g/mol. The third kappa shape index (κ3) is 1.49. The largest absolute Gasteiger partial charge is 0.394 e. The van der Waals surface area contributed by atoms with Crippen molar-refractivity contribution in [3.63, 3.8) is 0 Å². The highest BCUT2D eigenvalue weighted by atomic mass is 32.1. The second-order valence-electron chi connectivity index (χ2n) is 4.09. The smallest absolute Gasteiger partial charge is 0.0966 e. The van der Waals surface area contributed by atoms with Crippen LogP contribution in [0.2, 0.25) is 0 Å². The molecule has 84 valence electrons. The summed E-state index contributed by atoms with van der Waals surface area (Å²) in [5.41, 5.74) is 5.07. The molecule has 0 bridgehead atoms. The van der Waals surface area contributed by atoms with Crippen LogP contribution in [0, 0.1) is 0 Å². The maximum absolute atomic E-state index is 9.03. The summed E-state index contributed by atoms with van der Waals surface area (Å²) in [6, 6.07) is 2.12. The maximum Gasteiger partial charge on any atom is 0.0966 e. The third-order valence-corrected chi connectivity index (χ3v) is 3.80. The Morgan fingerprint density at radius 1 is 1.44 bits per heavy atom. The predicted molar refractivity (Wildman–Crippen MR) is 64.7 cm³/mol. The lowest BCUT2D eigenvalue weighted by Crippen LogP contribution is -2.07. The summed E-state index contributed by atoms with van der Waals surface area (Å²) in [6.07, 6.45) is 3.45. The number of aliphatic hydroxyl groups is 1. The highest BCUT2D eigenvalue weighted by Gasteiger charge is 2.22. The van der Waals surface area contributed by atoms with E-state index in [0.717, 1.165) is 18.5 Å². The number of fused-ring (bicyclic) bond motifs is 1. The van der Waals surface area contributed by atoms with E-state index in [-0.39, 0.29) is 6.61 Å². The van der Waals surface area contributed by atoms with Crippen LogP contribution >= 0.6 is 11.3 Å². The molecule has 2 aromatic heterocycles. The number of aliphatic hydroxyl groups excluding tert-OH is 1. The van der Waals surface area contributed by atoms with Gasteiger partial charge in [0.2, 0.25) is 0 Å². The average Bonchev–Trinajstić information content (AvgIpc) is 2.94. The van der Waals surface area contributed by atoms with Crippen molar-refractivity contribution < 1.29 is 5.11 Å². The Labute approximate surface area is 98.3 Å². The van der Waals surface area contributed by atoms with Crippen LogP contribution in [-0.2, 0) is 19.4 Å². The standard InChI is InChI=1S/C12H14N2OS/c15-6-5-14-11-3-1-2-10(11)12(13-14)9-4-7-16-8-9/h4,7-8,15H,1-3,5-6H2. The summed E-state index contributed by atoms with van der Waals surface area (Å²) in [6.45, 7) is 0.781. The summed E-state index contributed by atoms with van der Waals surface area (Å²) in [4.78, 5) is 0. The molecule has 3 rings (SSSR count). The summed E-state index contributed by atoms with van der Waals surface area (Å²) in [7, 11) is 0. The molecule has 0 aromatic carbocycles. The van der Waals surface area contributed by atoms with Gasteiger partial charge in [-0.15, -0.1) is 0 Å². The van der Waals surface area contributed by atoms with E-state index >= 15 is 0 Å². The van der Waals surface area contributed by atoms with Crippen molar-refractivity contribution in [2.75, 3.05) is 6.61 Å². The van der Waals surface area contributed by atoms with E-state index < -0.39 is 0 Å². The molecule has 0 unspecified atom stereocenters. The van der Waals surface area contributed by atoms with E-state index in [1.165, 1.54) is 23.2 Å². The molecule has 0 radical (unpaired) electrons. The molecule has 0 atom stereocenters. The number of rotatable bonds is 3. The van der Waals surface area contributed by atoms with Crippen molar-refractivity contribution in [3.8, 4) is 11.3 Å². The van der Waals surface area contributed by atoms with E-state index in [1.807, 2.05) is 4.68 Å². The lowest BCUT2D eigenvalue weighted by atomic mass is 10.1. The minimum atomic E-state index is 0.164. The summed E-state index contributed by atoms with van der Waals surface area (Å²) in [5.74, 6) is 0. The molecule has 1 N–H and O–H groups in total. The second kappa shape index (κ2) is 4.03. The molecule has 0 fully saturated rings. The molecule has 0 spiro atoms. The quantitative estimate of drug-likeness (QED) is 0.883. The Morgan fingerprint density at radius 3 is 3.12 bits per heavy atom. The van der Waals surface area contributed by atoms with Crippen molar-refractivity contribution in [2.24, 2.45) is 0 Å². The van der Waals surface area contributed by atoms with Gasteiger partial charge in [-0.3, -0.25) is 4.68 Å². The number of hydrogen-bond acceptors (Lipinski definition) is 3. The van der Waals surface area contributed by atoms with E-state index in [4.69, 9.17) is 5.11 Å². The van der Waals surface area contributed by atoms with Gasteiger partial charge in [-0.2, -0.15) is 16.4 Å². The minimum Gasteiger partial charge on any atom is -0.394 e. The number of aromatic nitrogens is 2. The zero-order valence-corrected chi connectivity index (χ0v) is 9.83. The van der Waals surface area contributed by atoms with Gasteiger partial charge in [0.15, 0.2) is 0 Å². The first-order valence-corrected chi connectivity index (χ1v) is 6.56. The van der Waals surface area contributed by atoms with E-state index in [1.54, 1.807) is 11.3 Å². The molecular formula is C12H14N2OS. The number of thiophene rings is 1. The van der Waals surface area contributed by atoms with E-state index in [0.29, 0.717) is 6.54 Å². The normalized spacial score (nSPS) is 14.3. The molecule has 0 saturated heterocycles. The zero-order valence-electron chi connectivity index (χ0n) is 9.02. The topological polar surface area (TPSA) is 38.0 Å². The van der Waals surface area contributed by atoms with Crippen LogP contribution in [0.25, 0.3) is 11.3 Å².